The van der Waals surface area contributed by atoms with E-state index in [0.717, 1.165) is 0 Å². The van der Waals surface area contributed by atoms with Gasteiger partial charge in [-0.2, -0.15) is 13.2 Å². The van der Waals surface area contributed by atoms with E-state index in [-0.39, 0.29) is 18.4 Å². The average Bonchev–Trinajstić information content (AvgIpc) is 3.02. The molecule has 18 heavy (non-hydrogen) atoms. The fourth-order valence-electron chi connectivity index (χ4n) is 1.71. The summed E-state index contributed by atoms with van der Waals surface area (Å²) in [7, 11) is 0. The lowest BCUT2D eigenvalue weighted by atomic mass is 10.1. The summed E-state index contributed by atoms with van der Waals surface area (Å²) in [6.07, 6.45) is -4.52. The first kappa shape index (κ1) is 12.7. The number of anilines is 1. The van der Waals surface area contributed by atoms with E-state index in [9.17, 15) is 18.0 Å². The fourth-order valence-corrected chi connectivity index (χ4v) is 1.71. The smallest absolute Gasteiger partial charge is 0.399 e. The highest BCUT2D eigenvalue weighted by atomic mass is 19.4. The normalized spacial score (nSPS) is 17.3. The zero-order chi connectivity index (χ0) is 13.6. The van der Waals surface area contributed by atoms with Gasteiger partial charge in [0.1, 0.15) is 5.54 Å². The van der Waals surface area contributed by atoms with E-state index in [1.165, 1.54) is 18.2 Å². The number of aryl methyl sites for hydroxylation is 1. The van der Waals surface area contributed by atoms with Crippen LogP contribution in [0.5, 0.6) is 0 Å². The molecule has 0 heterocycles. The Morgan fingerprint density at radius 3 is 2.44 bits per heavy atom. The molecular formula is C12H13F3N2O. The minimum Gasteiger partial charge on any atom is -0.399 e. The van der Waals surface area contributed by atoms with E-state index in [4.69, 9.17) is 5.73 Å². The van der Waals surface area contributed by atoms with Crippen LogP contribution in [0, 0.1) is 6.92 Å². The van der Waals surface area contributed by atoms with Crippen LogP contribution in [0.3, 0.4) is 0 Å². The van der Waals surface area contributed by atoms with Crippen molar-refractivity contribution >= 4 is 11.6 Å². The predicted molar refractivity (Wildman–Crippen MR) is 61.1 cm³/mol. The summed E-state index contributed by atoms with van der Waals surface area (Å²) in [6, 6.07) is 4.42. The third-order valence-electron chi connectivity index (χ3n) is 3.18. The molecule has 0 unspecified atom stereocenters. The summed E-state index contributed by atoms with van der Waals surface area (Å²) in [5.74, 6) is -0.715. The molecule has 0 aromatic heterocycles. The van der Waals surface area contributed by atoms with Crippen LogP contribution in [0.1, 0.15) is 28.8 Å². The van der Waals surface area contributed by atoms with Crippen molar-refractivity contribution in [2.45, 2.75) is 31.5 Å². The van der Waals surface area contributed by atoms with Crippen molar-refractivity contribution < 1.29 is 18.0 Å². The molecule has 0 bridgehead atoms. The van der Waals surface area contributed by atoms with Gasteiger partial charge < -0.3 is 11.1 Å². The number of nitrogen functional groups attached to an aromatic ring is 1. The lowest BCUT2D eigenvalue weighted by Gasteiger charge is -2.20. The van der Waals surface area contributed by atoms with Crippen LogP contribution >= 0.6 is 0 Å². The molecule has 0 aliphatic heterocycles. The van der Waals surface area contributed by atoms with Gasteiger partial charge in [-0.15, -0.1) is 0 Å². The van der Waals surface area contributed by atoms with E-state index in [1.807, 2.05) is 0 Å². The van der Waals surface area contributed by atoms with Crippen molar-refractivity contribution in [1.82, 2.24) is 5.32 Å². The molecule has 1 aliphatic rings. The Hall–Kier alpha value is -1.72. The molecule has 0 atom stereocenters. The van der Waals surface area contributed by atoms with Gasteiger partial charge in [-0.3, -0.25) is 4.79 Å². The second-order valence-electron chi connectivity index (χ2n) is 4.61. The number of hydrogen-bond donors (Lipinski definition) is 2. The standard InChI is InChI=1S/C12H13F3N2O/c1-7-6-8(2-3-9(7)16)10(18)17-11(4-5-11)12(13,14)15/h2-3,6H,4-5,16H2,1H3,(H,17,18). The molecule has 1 saturated carbocycles. The van der Waals surface area contributed by atoms with E-state index in [0.29, 0.717) is 11.3 Å². The topological polar surface area (TPSA) is 55.1 Å². The number of amides is 1. The van der Waals surface area contributed by atoms with E-state index >= 15 is 0 Å². The molecule has 98 valence electrons. The largest absolute Gasteiger partial charge is 0.411 e. The molecule has 2 rings (SSSR count). The maximum atomic E-state index is 12.7. The van der Waals surface area contributed by atoms with Gasteiger partial charge in [-0.25, -0.2) is 0 Å². The fraction of sp³-hybridized carbons (Fsp3) is 0.417. The zero-order valence-corrected chi connectivity index (χ0v) is 9.77. The van der Waals surface area contributed by atoms with Crippen LogP contribution in [0.2, 0.25) is 0 Å². The number of carbonyl (C=O) groups is 1. The number of alkyl halides is 3. The first-order valence-electron chi connectivity index (χ1n) is 5.50. The lowest BCUT2D eigenvalue weighted by molar-refractivity contribution is -0.163. The molecule has 3 N–H and O–H groups in total. The Morgan fingerprint density at radius 2 is 2.00 bits per heavy atom. The third-order valence-corrected chi connectivity index (χ3v) is 3.18. The SMILES string of the molecule is Cc1cc(C(=O)NC2(C(F)(F)F)CC2)ccc1N. The third kappa shape index (κ3) is 2.14. The van der Waals surface area contributed by atoms with Gasteiger partial charge in [-0.05, 0) is 43.5 Å². The minimum atomic E-state index is -4.40. The van der Waals surface area contributed by atoms with Crippen LogP contribution < -0.4 is 11.1 Å². The van der Waals surface area contributed by atoms with Gasteiger partial charge >= 0.3 is 6.18 Å². The summed E-state index contributed by atoms with van der Waals surface area (Å²) < 4.78 is 38.0. The first-order valence-corrected chi connectivity index (χ1v) is 5.50. The minimum absolute atomic E-state index is 0.0593. The molecule has 1 fully saturated rings. The maximum absolute atomic E-state index is 12.7. The Kier molecular flexibility index (Phi) is 2.76. The molecule has 1 aromatic carbocycles. The number of hydrogen-bond acceptors (Lipinski definition) is 2. The Labute approximate surface area is 102 Å². The van der Waals surface area contributed by atoms with Crippen LogP contribution in [0.4, 0.5) is 18.9 Å². The Bertz CT molecular complexity index is 493. The summed E-state index contributed by atoms with van der Waals surface area (Å²) in [5.41, 5.74) is 4.92. The summed E-state index contributed by atoms with van der Waals surface area (Å²) in [5, 5.41) is 2.07. The summed E-state index contributed by atoms with van der Waals surface area (Å²) in [6.45, 7) is 1.70. The van der Waals surface area contributed by atoms with Crippen molar-refractivity contribution in [2.24, 2.45) is 0 Å². The van der Waals surface area contributed by atoms with E-state index in [2.05, 4.69) is 5.32 Å². The van der Waals surface area contributed by atoms with Crippen molar-refractivity contribution in [2.75, 3.05) is 5.73 Å². The highest BCUT2D eigenvalue weighted by Gasteiger charge is 2.64. The van der Waals surface area contributed by atoms with Gasteiger partial charge in [0.2, 0.25) is 0 Å². The average molecular weight is 258 g/mol. The molecule has 1 aliphatic carbocycles. The second-order valence-corrected chi connectivity index (χ2v) is 4.61. The summed E-state index contributed by atoms with van der Waals surface area (Å²) in [4.78, 5) is 11.8. The number of nitrogens with one attached hydrogen (secondary N) is 1. The van der Waals surface area contributed by atoms with Gasteiger partial charge in [-0.1, -0.05) is 0 Å². The number of halogens is 3. The van der Waals surface area contributed by atoms with Crippen LogP contribution in [-0.2, 0) is 0 Å². The molecule has 1 aromatic rings. The van der Waals surface area contributed by atoms with E-state index < -0.39 is 17.6 Å². The van der Waals surface area contributed by atoms with E-state index in [1.54, 1.807) is 6.92 Å². The number of carbonyl (C=O) groups excluding carboxylic acids is 1. The Balaban J connectivity index is 2.16. The molecule has 0 spiro atoms. The second kappa shape index (κ2) is 3.90. The predicted octanol–water partition coefficient (Wildman–Crippen LogP) is 2.40. The summed E-state index contributed by atoms with van der Waals surface area (Å²) >= 11 is 0. The van der Waals surface area contributed by atoms with Crippen molar-refractivity contribution in [3.05, 3.63) is 29.3 Å². The molecule has 0 saturated heterocycles. The molecule has 6 heteroatoms. The molecule has 1 amide bonds. The molecule has 3 nitrogen and oxygen atoms in total. The molecule has 0 radical (unpaired) electrons. The maximum Gasteiger partial charge on any atom is 0.411 e. The van der Waals surface area contributed by atoms with Gasteiger partial charge in [0.25, 0.3) is 5.91 Å². The van der Waals surface area contributed by atoms with Crippen LogP contribution in [0.25, 0.3) is 0 Å². The lowest BCUT2D eigenvalue weighted by Crippen LogP contribution is -2.47. The quantitative estimate of drug-likeness (QED) is 0.800. The van der Waals surface area contributed by atoms with Gasteiger partial charge in [0.15, 0.2) is 0 Å². The number of nitrogens with two attached hydrogens (primary N) is 1. The van der Waals surface area contributed by atoms with Crippen molar-refractivity contribution in [3.63, 3.8) is 0 Å². The Morgan fingerprint density at radius 1 is 1.39 bits per heavy atom. The first-order chi connectivity index (χ1) is 8.25. The van der Waals surface area contributed by atoms with Crippen LogP contribution in [0.15, 0.2) is 18.2 Å². The number of benzene rings is 1. The van der Waals surface area contributed by atoms with Gasteiger partial charge in [0.05, 0.1) is 0 Å². The van der Waals surface area contributed by atoms with Crippen LogP contribution in [-0.4, -0.2) is 17.6 Å². The zero-order valence-electron chi connectivity index (χ0n) is 9.77. The van der Waals surface area contributed by atoms with Gasteiger partial charge in [0, 0.05) is 11.3 Å². The number of rotatable bonds is 2. The monoisotopic (exact) mass is 258 g/mol. The van der Waals surface area contributed by atoms with Crippen molar-refractivity contribution in [1.29, 1.82) is 0 Å². The van der Waals surface area contributed by atoms with Crippen molar-refractivity contribution in [3.8, 4) is 0 Å². The highest BCUT2D eigenvalue weighted by molar-refractivity contribution is 5.95. The molecular weight excluding hydrogens is 245 g/mol. The highest BCUT2D eigenvalue weighted by Crippen LogP contribution is 2.49.